The molecule has 0 fully saturated rings. The van der Waals surface area contributed by atoms with Gasteiger partial charge in [-0.25, -0.2) is 14.5 Å². The number of aromatic nitrogens is 3. The topological polar surface area (TPSA) is 86.1 Å². The predicted molar refractivity (Wildman–Crippen MR) is 88.8 cm³/mol. The van der Waals surface area contributed by atoms with Crippen molar-refractivity contribution in [2.45, 2.75) is 33.2 Å². The van der Waals surface area contributed by atoms with E-state index in [1.807, 2.05) is 26.0 Å². The fourth-order valence-corrected chi connectivity index (χ4v) is 2.41. The molecule has 0 radical (unpaired) electrons. The number of nitrogens with zero attached hydrogens (tertiary/aromatic N) is 3. The van der Waals surface area contributed by atoms with Crippen molar-refractivity contribution < 1.29 is 14.3 Å². The lowest BCUT2D eigenvalue weighted by atomic mass is 10.0. The van der Waals surface area contributed by atoms with Gasteiger partial charge in [-0.2, -0.15) is 5.10 Å². The van der Waals surface area contributed by atoms with Crippen molar-refractivity contribution in [2.75, 3.05) is 7.11 Å². The molecule has 1 N–H and O–H groups in total. The molecule has 0 aliphatic rings. The van der Waals surface area contributed by atoms with Crippen molar-refractivity contribution in [2.24, 2.45) is 5.92 Å². The molecule has 2 aromatic rings. The molecule has 7 nitrogen and oxygen atoms in total. The predicted octanol–water partition coefficient (Wildman–Crippen LogP) is 1.89. The highest BCUT2D eigenvalue weighted by Crippen LogP contribution is 2.13. The molecule has 0 saturated heterocycles. The Morgan fingerprint density at radius 1 is 1.33 bits per heavy atom. The number of hydrogen-bond donors (Lipinski definition) is 1. The number of hydrogen-bond acceptors (Lipinski definition) is 5. The SMILES string of the molecule is COC(=O)C(CC(C)C)NC(=O)c1cnn(-c2ccccn2)c1C. The van der Waals surface area contributed by atoms with Gasteiger partial charge in [0.25, 0.3) is 5.91 Å². The second-order valence-electron chi connectivity index (χ2n) is 5.92. The molecule has 0 aliphatic heterocycles. The average molecular weight is 330 g/mol. The van der Waals surface area contributed by atoms with Gasteiger partial charge in [0, 0.05) is 6.20 Å². The highest BCUT2D eigenvalue weighted by Gasteiger charge is 2.25. The van der Waals surface area contributed by atoms with Crippen molar-refractivity contribution in [1.29, 1.82) is 0 Å². The lowest BCUT2D eigenvalue weighted by Crippen LogP contribution is -2.42. The second kappa shape index (κ2) is 7.72. The number of carbonyl (C=O) groups excluding carboxylic acids is 2. The van der Waals surface area contributed by atoms with Gasteiger partial charge in [-0.1, -0.05) is 19.9 Å². The zero-order valence-electron chi connectivity index (χ0n) is 14.3. The molecule has 7 heteroatoms. The van der Waals surface area contributed by atoms with Gasteiger partial charge in [-0.3, -0.25) is 4.79 Å². The molecule has 0 bridgehead atoms. The van der Waals surface area contributed by atoms with E-state index >= 15 is 0 Å². The Morgan fingerprint density at radius 2 is 2.08 bits per heavy atom. The number of amides is 1. The maximum absolute atomic E-state index is 12.5. The van der Waals surface area contributed by atoms with E-state index in [2.05, 4.69) is 15.4 Å². The van der Waals surface area contributed by atoms with E-state index in [1.165, 1.54) is 13.3 Å². The zero-order chi connectivity index (χ0) is 17.7. The van der Waals surface area contributed by atoms with Crippen LogP contribution in [0.3, 0.4) is 0 Å². The first kappa shape index (κ1) is 17.7. The smallest absolute Gasteiger partial charge is 0.328 e. The van der Waals surface area contributed by atoms with Crippen molar-refractivity contribution in [3.63, 3.8) is 0 Å². The first-order valence-corrected chi connectivity index (χ1v) is 7.78. The quantitative estimate of drug-likeness (QED) is 0.818. The Bertz CT molecular complexity index is 710. The third-order valence-electron chi connectivity index (χ3n) is 3.62. The summed E-state index contributed by atoms with van der Waals surface area (Å²) in [6.07, 6.45) is 3.64. The van der Waals surface area contributed by atoms with Crippen LogP contribution in [-0.2, 0) is 9.53 Å². The van der Waals surface area contributed by atoms with Crippen LogP contribution in [0.25, 0.3) is 5.82 Å². The van der Waals surface area contributed by atoms with E-state index in [9.17, 15) is 9.59 Å². The van der Waals surface area contributed by atoms with Crippen molar-refractivity contribution in [3.8, 4) is 5.82 Å². The largest absolute Gasteiger partial charge is 0.467 e. The van der Waals surface area contributed by atoms with Crippen LogP contribution >= 0.6 is 0 Å². The summed E-state index contributed by atoms with van der Waals surface area (Å²) in [5, 5.41) is 6.95. The molecule has 128 valence electrons. The third-order valence-corrected chi connectivity index (χ3v) is 3.62. The number of esters is 1. The summed E-state index contributed by atoms with van der Waals surface area (Å²) in [6, 6.07) is 4.78. The Hall–Kier alpha value is -2.70. The Balaban J connectivity index is 2.20. The fraction of sp³-hybridized carbons (Fsp3) is 0.412. The third kappa shape index (κ3) is 3.98. The van der Waals surface area contributed by atoms with Crippen LogP contribution in [0.5, 0.6) is 0 Å². The molecule has 0 saturated carbocycles. The van der Waals surface area contributed by atoms with Crippen LogP contribution in [0.1, 0.15) is 36.3 Å². The van der Waals surface area contributed by atoms with E-state index in [1.54, 1.807) is 23.9 Å². The van der Waals surface area contributed by atoms with E-state index in [0.29, 0.717) is 23.5 Å². The van der Waals surface area contributed by atoms with Crippen molar-refractivity contribution >= 4 is 11.9 Å². The minimum absolute atomic E-state index is 0.242. The van der Waals surface area contributed by atoms with Gasteiger partial charge in [0.2, 0.25) is 0 Å². The van der Waals surface area contributed by atoms with Gasteiger partial charge in [0.05, 0.1) is 24.6 Å². The van der Waals surface area contributed by atoms with Crippen LogP contribution in [0, 0.1) is 12.8 Å². The number of rotatable bonds is 6. The molecule has 2 aromatic heterocycles. The average Bonchev–Trinajstić information content (AvgIpc) is 2.95. The minimum atomic E-state index is -0.680. The number of methoxy groups -OCH3 is 1. The van der Waals surface area contributed by atoms with Gasteiger partial charge < -0.3 is 10.1 Å². The van der Waals surface area contributed by atoms with Gasteiger partial charge in [-0.15, -0.1) is 0 Å². The summed E-state index contributed by atoms with van der Waals surface area (Å²) in [6.45, 7) is 5.74. The monoisotopic (exact) mass is 330 g/mol. The lowest BCUT2D eigenvalue weighted by molar-refractivity contribution is -0.143. The van der Waals surface area contributed by atoms with E-state index < -0.39 is 12.0 Å². The molecule has 2 rings (SSSR count). The van der Waals surface area contributed by atoms with Crippen LogP contribution in [0.4, 0.5) is 0 Å². The first-order valence-electron chi connectivity index (χ1n) is 7.78. The van der Waals surface area contributed by atoms with Crippen LogP contribution in [0.2, 0.25) is 0 Å². The van der Waals surface area contributed by atoms with Gasteiger partial charge >= 0.3 is 5.97 Å². The maximum Gasteiger partial charge on any atom is 0.328 e. The summed E-state index contributed by atoms with van der Waals surface area (Å²) in [5.41, 5.74) is 1.05. The Morgan fingerprint density at radius 3 is 2.67 bits per heavy atom. The molecule has 0 spiro atoms. The summed E-state index contributed by atoms with van der Waals surface area (Å²) in [4.78, 5) is 28.6. The van der Waals surface area contributed by atoms with Gasteiger partial charge in [0.1, 0.15) is 6.04 Å². The number of ether oxygens (including phenoxy) is 1. The molecule has 0 aromatic carbocycles. The lowest BCUT2D eigenvalue weighted by Gasteiger charge is -2.18. The Kier molecular flexibility index (Phi) is 5.68. The fourth-order valence-electron chi connectivity index (χ4n) is 2.41. The van der Waals surface area contributed by atoms with Crippen LogP contribution < -0.4 is 5.32 Å². The van der Waals surface area contributed by atoms with E-state index in [0.717, 1.165) is 0 Å². The molecule has 1 unspecified atom stereocenters. The normalized spacial score (nSPS) is 12.0. The Labute approximate surface area is 141 Å². The van der Waals surface area contributed by atoms with Crippen LogP contribution in [-0.4, -0.2) is 39.8 Å². The standard InChI is InChI=1S/C17H22N4O3/c1-11(2)9-14(17(23)24-4)20-16(22)13-10-19-21(12(13)3)15-7-5-6-8-18-15/h5-8,10-11,14H,9H2,1-4H3,(H,20,22). The van der Waals surface area contributed by atoms with Crippen molar-refractivity contribution in [3.05, 3.63) is 41.9 Å². The molecular formula is C17H22N4O3. The minimum Gasteiger partial charge on any atom is -0.467 e. The number of nitrogens with one attached hydrogen (secondary N) is 1. The molecular weight excluding hydrogens is 308 g/mol. The molecule has 1 atom stereocenters. The van der Waals surface area contributed by atoms with E-state index in [-0.39, 0.29) is 11.8 Å². The highest BCUT2D eigenvalue weighted by atomic mass is 16.5. The summed E-state index contributed by atoms with van der Waals surface area (Å²) in [5.74, 6) is 0.0602. The maximum atomic E-state index is 12.5. The zero-order valence-corrected chi connectivity index (χ0v) is 14.3. The molecule has 0 aliphatic carbocycles. The summed E-state index contributed by atoms with van der Waals surface area (Å²) >= 11 is 0. The van der Waals surface area contributed by atoms with Crippen molar-refractivity contribution in [1.82, 2.24) is 20.1 Å². The number of carbonyl (C=O) groups is 2. The van der Waals surface area contributed by atoms with Gasteiger partial charge in [0.15, 0.2) is 5.82 Å². The molecule has 2 heterocycles. The van der Waals surface area contributed by atoms with Gasteiger partial charge in [-0.05, 0) is 31.4 Å². The van der Waals surface area contributed by atoms with E-state index in [4.69, 9.17) is 4.74 Å². The summed E-state index contributed by atoms with van der Waals surface area (Å²) in [7, 11) is 1.31. The highest BCUT2D eigenvalue weighted by molar-refractivity contribution is 5.97. The number of pyridine rings is 1. The second-order valence-corrected chi connectivity index (χ2v) is 5.92. The first-order chi connectivity index (χ1) is 11.4. The molecule has 1 amide bonds. The van der Waals surface area contributed by atoms with Crippen LogP contribution in [0.15, 0.2) is 30.6 Å². The molecule has 24 heavy (non-hydrogen) atoms. The summed E-state index contributed by atoms with van der Waals surface area (Å²) < 4.78 is 6.36.